The van der Waals surface area contributed by atoms with Crippen LogP contribution in [0.25, 0.3) is 0 Å². The Morgan fingerprint density at radius 2 is 1.68 bits per heavy atom. The molecular weight excluding hydrogens is 401 g/mol. The molecular formula is C13H25N2O4S2Y. The van der Waals surface area contributed by atoms with E-state index in [1.165, 1.54) is 5.48 Å². The number of nitrogens with one attached hydrogen (secondary N) is 1. The van der Waals surface area contributed by atoms with Gasteiger partial charge in [-0.15, -0.1) is 13.1 Å². The van der Waals surface area contributed by atoms with Gasteiger partial charge in [-0.3, -0.25) is 14.3 Å². The second-order valence-corrected chi connectivity index (χ2v) is 7.92. The second kappa shape index (κ2) is 12.2. The van der Waals surface area contributed by atoms with Gasteiger partial charge in [0.15, 0.2) is 4.75 Å². The normalized spacial score (nSPS) is 17.0. The molecule has 0 radical (unpaired) electrons. The maximum absolute atomic E-state index is 12.5. The number of thioether (sulfide) groups is 1. The van der Waals surface area contributed by atoms with Crippen LogP contribution in [0.5, 0.6) is 0 Å². The average Bonchev–Trinajstić information content (AvgIpc) is 2.48. The zero-order valence-electron chi connectivity index (χ0n) is 13.1. The summed E-state index contributed by atoms with van der Waals surface area (Å²) in [7, 11) is -3.87. The molecule has 0 aromatic heterocycles. The molecule has 1 saturated heterocycles. The van der Waals surface area contributed by atoms with Crippen LogP contribution in [0, 0.1) is 20.8 Å². The fourth-order valence-electron chi connectivity index (χ4n) is 2.00. The van der Waals surface area contributed by atoms with Gasteiger partial charge in [0, 0.05) is 0 Å². The molecule has 0 bridgehead atoms. The van der Waals surface area contributed by atoms with Crippen LogP contribution in [-0.2, 0) is 47.5 Å². The minimum atomic E-state index is -3.87. The van der Waals surface area contributed by atoms with E-state index in [1.807, 2.05) is 6.92 Å². The first-order valence-electron chi connectivity index (χ1n) is 6.77. The third-order valence-corrected chi connectivity index (χ3v) is 6.76. The minimum absolute atomic E-state index is 0. The molecule has 126 valence electrons. The topological polar surface area (TPSA) is 86.7 Å². The van der Waals surface area contributed by atoms with Crippen molar-refractivity contribution < 1.29 is 51.1 Å². The van der Waals surface area contributed by atoms with Crippen LogP contribution in [0.1, 0.15) is 26.2 Å². The van der Waals surface area contributed by atoms with Gasteiger partial charge in [-0.1, -0.05) is 6.92 Å². The first kappa shape index (κ1) is 25.0. The fraction of sp³-hybridized carbons (Fsp3) is 0.692. The molecule has 1 rings (SSSR count). The molecule has 0 atom stereocenters. The fourth-order valence-corrected chi connectivity index (χ4v) is 5.43. The Morgan fingerprint density at radius 3 is 2.00 bits per heavy atom. The summed E-state index contributed by atoms with van der Waals surface area (Å²) >= 11 is 1.59. The van der Waals surface area contributed by atoms with Crippen LogP contribution in [0.3, 0.4) is 0 Å². The van der Waals surface area contributed by atoms with E-state index in [0.717, 1.165) is 10.7 Å². The molecule has 22 heavy (non-hydrogen) atoms. The van der Waals surface area contributed by atoms with E-state index in [1.54, 1.807) is 11.8 Å². The van der Waals surface area contributed by atoms with Gasteiger partial charge >= 0.3 is 32.7 Å². The molecule has 9 heteroatoms. The first-order chi connectivity index (χ1) is 9.87. The summed E-state index contributed by atoms with van der Waals surface area (Å²) in [6, 6.07) is 0. The molecule has 0 aromatic carbocycles. The van der Waals surface area contributed by atoms with Gasteiger partial charge in [0.05, 0.1) is 0 Å². The molecule has 0 saturated carbocycles. The quantitative estimate of drug-likeness (QED) is 0.393. The van der Waals surface area contributed by atoms with Crippen LogP contribution < -0.4 is 5.48 Å². The van der Waals surface area contributed by atoms with Gasteiger partial charge in [0.1, 0.15) is 0 Å². The molecule has 0 unspecified atom stereocenters. The molecule has 1 aliphatic rings. The Hall–Kier alpha value is 0.794. The number of carbonyl (C=O) groups is 1. The van der Waals surface area contributed by atoms with Crippen molar-refractivity contribution >= 4 is 27.7 Å². The zero-order chi connectivity index (χ0) is 16.5. The number of nitrogens with zero attached hydrogens (tertiary/aromatic N) is 1. The Labute approximate surface area is 164 Å². The molecule has 2 N–H and O–H groups in total. The summed E-state index contributed by atoms with van der Waals surface area (Å²) in [5.74, 6) is 0.263. The molecule has 1 aliphatic heterocycles. The largest absolute Gasteiger partial charge is 3.00 e. The monoisotopic (exact) mass is 426 g/mol. The third-order valence-electron chi connectivity index (χ3n) is 3.15. The van der Waals surface area contributed by atoms with Crippen LogP contribution in [0.15, 0.2) is 0 Å². The summed E-state index contributed by atoms with van der Waals surface area (Å²) in [5.41, 5.74) is 1.49. The first-order valence-corrected chi connectivity index (χ1v) is 9.37. The molecule has 0 aromatic rings. The SMILES string of the molecule is [CH2-]CC.[CH2-]CN(C[CH2-])S(=O)(=O)C1(C(=O)NO)CCSCC1.[Y+3]. The Bertz CT molecular complexity index is 408. The average molecular weight is 426 g/mol. The number of sulfonamides is 1. The maximum atomic E-state index is 12.5. The van der Waals surface area contributed by atoms with E-state index in [9.17, 15) is 13.2 Å². The standard InChI is InChI=1S/C10H18N2O4S2.C3H7.Y/c1-3-12(4-2)18(15,16)10(9(13)11-14)5-7-17-8-6-10;1-3-2;/h14H,1-8H2,(H,11,13);1,3H2,2H3;/q-2;-1;+3. The minimum Gasteiger partial charge on any atom is -0.344 e. The van der Waals surface area contributed by atoms with E-state index >= 15 is 0 Å². The maximum Gasteiger partial charge on any atom is 3.00 e. The summed E-state index contributed by atoms with van der Waals surface area (Å²) in [6.45, 7) is 12.6. The van der Waals surface area contributed by atoms with Crippen LogP contribution in [0.4, 0.5) is 0 Å². The number of rotatable bonds is 5. The summed E-state index contributed by atoms with van der Waals surface area (Å²) < 4.78 is 24.5. The number of amides is 1. The van der Waals surface area contributed by atoms with Gasteiger partial charge < -0.3 is 20.8 Å². The summed E-state index contributed by atoms with van der Waals surface area (Å²) in [5, 5.41) is 8.82. The molecule has 0 spiro atoms. The van der Waals surface area contributed by atoms with E-state index in [2.05, 4.69) is 20.8 Å². The van der Waals surface area contributed by atoms with Crippen molar-refractivity contribution in [2.75, 3.05) is 24.6 Å². The summed E-state index contributed by atoms with van der Waals surface area (Å²) in [6.07, 6.45) is 1.37. The Morgan fingerprint density at radius 1 is 1.27 bits per heavy atom. The second-order valence-electron chi connectivity index (χ2n) is 4.45. The van der Waals surface area contributed by atoms with Gasteiger partial charge in [-0.2, -0.15) is 18.2 Å². The number of hydrogen-bond donors (Lipinski definition) is 2. The van der Waals surface area contributed by atoms with Crippen molar-refractivity contribution in [1.29, 1.82) is 0 Å². The third kappa shape index (κ3) is 5.70. The predicted octanol–water partition coefficient (Wildman–Crippen LogP) is 1.29. The van der Waals surface area contributed by atoms with Crippen molar-refractivity contribution in [3.63, 3.8) is 0 Å². The Balaban J connectivity index is 0. The molecule has 6 nitrogen and oxygen atoms in total. The van der Waals surface area contributed by atoms with Gasteiger partial charge in [0.25, 0.3) is 5.91 Å². The van der Waals surface area contributed by atoms with Crippen molar-refractivity contribution in [3.05, 3.63) is 20.8 Å². The molecule has 1 amide bonds. The van der Waals surface area contributed by atoms with Crippen LogP contribution in [0.2, 0.25) is 0 Å². The number of carbonyl (C=O) groups excluding carboxylic acids is 1. The zero-order valence-corrected chi connectivity index (χ0v) is 17.6. The van der Waals surface area contributed by atoms with Crippen molar-refractivity contribution in [1.82, 2.24) is 9.79 Å². The van der Waals surface area contributed by atoms with E-state index in [0.29, 0.717) is 11.5 Å². The van der Waals surface area contributed by atoms with E-state index in [-0.39, 0.29) is 58.6 Å². The van der Waals surface area contributed by atoms with Crippen molar-refractivity contribution in [3.8, 4) is 0 Å². The van der Waals surface area contributed by atoms with Crippen molar-refractivity contribution in [2.24, 2.45) is 0 Å². The molecule has 0 aliphatic carbocycles. The van der Waals surface area contributed by atoms with E-state index in [4.69, 9.17) is 5.21 Å². The summed E-state index contributed by atoms with van der Waals surface area (Å²) in [4.78, 5) is 11.9. The number of hydrogen-bond acceptors (Lipinski definition) is 5. The predicted molar refractivity (Wildman–Crippen MR) is 86.1 cm³/mol. The number of hydroxylamine groups is 1. The van der Waals surface area contributed by atoms with Crippen LogP contribution in [-0.4, -0.2) is 53.2 Å². The van der Waals surface area contributed by atoms with E-state index < -0.39 is 20.7 Å². The van der Waals surface area contributed by atoms with Crippen LogP contribution >= 0.6 is 11.8 Å². The van der Waals surface area contributed by atoms with Gasteiger partial charge in [-0.25, -0.2) is 13.9 Å². The van der Waals surface area contributed by atoms with Gasteiger partial charge in [0.2, 0.25) is 10.0 Å². The molecule has 1 fully saturated rings. The van der Waals surface area contributed by atoms with Gasteiger partial charge in [-0.05, 0) is 24.3 Å². The smallest absolute Gasteiger partial charge is 0.344 e. The molecule has 1 heterocycles. The van der Waals surface area contributed by atoms with Crippen molar-refractivity contribution in [2.45, 2.75) is 30.9 Å². The Kier molecular flexibility index (Phi) is 13.9.